The van der Waals surface area contributed by atoms with Gasteiger partial charge >= 0.3 is 0 Å². The van der Waals surface area contributed by atoms with Gasteiger partial charge in [-0.25, -0.2) is 0 Å². The van der Waals surface area contributed by atoms with Gasteiger partial charge in [0.1, 0.15) is 0 Å². The minimum Gasteiger partial charge on any atom is -0.281 e. The predicted molar refractivity (Wildman–Crippen MR) is 39.5 cm³/mol. The monoisotopic (exact) mass is 159 g/mol. The summed E-state index contributed by atoms with van der Waals surface area (Å²) in [5, 5.41) is 8.13. The van der Waals surface area contributed by atoms with Crippen molar-refractivity contribution in [1.82, 2.24) is 0 Å². The predicted octanol–water partition coefficient (Wildman–Crippen LogP) is 2.08. The highest BCUT2D eigenvalue weighted by atomic mass is 35.5. The van der Waals surface area contributed by atoms with Crippen molar-refractivity contribution >= 4 is 16.8 Å². The van der Waals surface area contributed by atoms with Gasteiger partial charge in [-0.1, -0.05) is 6.92 Å². The van der Waals surface area contributed by atoms with E-state index >= 15 is 0 Å². The van der Waals surface area contributed by atoms with Gasteiger partial charge in [0.15, 0.2) is 0 Å². The summed E-state index contributed by atoms with van der Waals surface area (Å²) in [6, 6.07) is 2.05. The van der Waals surface area contributed by atoms with Crippen LogP contribution in [0.1, 0.15) is 26.7 Å². The topological polar surface area (TPSA) is 40.9 Å². The maximum absolute atomic E-state index is 10.4. The van der Waals surface area contributed by atoms with Crippen LogP contribution in [-0.4, -0.2) is 5.24 Å². The number of nitriles is 1. The molecular formula is C7H10ClNO. The van der Waals surface area contributed by atoms with Crippen molar-refractivity contribution < 1.29 is 4.79 Å². The maximum Gasteiger partial charge on any atom is 0.223 e. The number of hydrogen-bond acceptors (Lipinski definition) is 2. The van der Waals surface area contributed by atoms with Gasteiger partial charge in [0.2, 0.25) is 5.24 Å². The van der Waals surface area contributed by atoms with Crippen molar-refractivity contribution in [3.63, 3.8) is 0 Å². The van der Waals surface area contributed by atoms with Crippen molar-refractivity contribution in [2.24, 2.45) is 5.41 Å². The van der Waals surface area contributed by atoms with Gasteiger partial charge in [-0.05, 0) is 24.9 Å². The number of halogens is 1. The number of hydrogen-bond donors (Lipinski definition) is 0. The van der Waals surface area contributed by atoms with E-state index < -0.39 is 10.7 Å². The fraction of sp³-hybridized carbons (Fsp3) is 0.714. The summed E-state index contributed by atoms with van der Waals surface area (Å²) in [4.78, 5) is 10.4. The SMILES string of the molecule is CCC(C)(C#N)CC(=O)Cl. The summed E-state index contributed by atoms with van der Waals surface area (Å²) in [6.07, 6.45) is 0.795. The smallest absolute Gasteiger partial charge is 0.223 e. The van der Waals surface area contributed by atoms with Crippen LogP contribution in [0.25, 0.3) is 0 Å². The third-order valence-electron chi connectivity index (χ3n) is 1.58. The lowest BCUT2D eigenvalue weighted by Crippen LogP contribution is -2.14. The Hall–Kier alpha value is -0.550. The first kappa shape index (κ1) is 9.45. The third kappa shape index (κ3) is 2.84. The Morgan fingerprint density at radius 2 is 2.30 bits per heavy atom. The highest BCUT2D eigenvalue weighted by Gasteiger charge is 2.23. The molecule has 0 spiro atoms. The van der Waals surface area contributed by atoms with E-state index in [0.717, 1.165) is 0 Å². The summed E-state index contributed by atoms with van der Waals surface area (Å²) in [5.74, 6) is 0. The molecule has 56 valence electrons. The molecule has 0 aliphatic rings. The highest BCUT2D eigenvalue weighted by Crippen LogP contribution is 2.25. The zero-order valence-corrected chi connectivity index (χ0v) is 6.90. The molecule has 0 heterocycles. The van der Waals surface area contributed by atoms with E-state index in [4.69, 9.17) is 16.9 Å². The van der Waals surface area contributed by atoms with E-state index in [2.05, 4.69) is 6.07 Å². The molecule has 0 aromatic heterocycles. The molecule has 0 amide bonds. The van der Waals surface area contributed by atoms with Crippen LogP contribution in [0.2, 0.25) is 0 Å². The van der Waals surface area contributed by atoms with Crippen LogP contribution < -0.4 is 0 Å². The van der Waals surface area contributed by atoms with Crippen LogP contribution in [0.5, 0.6) is 0 Å². The number of carbonyl (C=O) groups is 1. The van der Waals surface area contributed by atoms with Crippen molar-refractivity contribution in [2.45, 2.75) is 26.7 Å². The average Bonchev–Trinajstić information content (AvgIpc) is 1.87. The van der Waals surface area contributed by atoms with Crippen molar-refractivity contribution in [3.05, 3.63) is 0 Å². The first-order valence-electron chi connectivity index (χ1n) is 3.13. The molecule has 0 saturated heterocycles. The van der Waals surface area contributed by atoms with E-state index in [1.165, 1.54) is 0 Å². The van der Waals surface area contributed by atoms with Crippen LogP contribution in [0.3, 0.4) is 0 Å². The molecule has 0 aromatic rings. The summed E-state index contributed by atoms with van der Waals surface area (Å²) >= 11 is 5.13. The Kier molecular flexibility index (Phi) is 3.38. The second kappa shape index (κ2) is 3.58. The lowest BCUT2D eigenvalue weighted by molar-refractivity contribution is -0.113. The lowest BCUT2D eigenvalue weighted by atomic mass is 9.86. The second-order valence-corrected chi connectivity index (χ2v) is 2.98. The number of rotatable bonds is 3. The minimum atomic E-state index is -0.571. The minimum absolute atomic E-state index is 0.140. The first-order valence-corrected chi connectivity index (χ1v) is 3.51. The average molecular weight is 160 g/mol. The van der Waals surface area contributed by atoms with Crippen molar-refractivity contribution in [2.75, 3.05) is 0 Å². The van der Waals surface area contributed by atoms with Gasteiger partial charge < -0.3 is 0 Å². The second-order valence-electron chi connectivity index (χ2n) is 2.56. The van der Waals surface area contributed by atoms with Crippen LogP contribution in [0.15, 0.2) is 0 Å². The van der Waals surface area contributed by atoms with Crippen molar-refractivity contribution in [3.8, 4) is 6.07 Å². The Labute approximate surface area is 65.8 Å². The Morgan fingerprint density at radius 1 is 1.80 bits per heavy atom. The molecule has 10 heavy (non-hydrogen) atoms. The molecular weight excluding hydrogens is 150 g/mol. The summed E-state index contributed by atoms with van der Waals surface area (Å²) in [7, 11) is 0. The summed E-state index contributed by atoms with van der Waals surface area (Å²) < 4.78 is 0. The van der Waals surface area contributed by atoms with Crippen molar-refractivity contribution in [1.29, 1.82) is 5.26 Å². The lowest BCUT2D eigenvalue weighted by Gasteiger charge is -2.15. The molecule has 0 saturated carbocycles. The van der Waals surface area contributed by atoms with Crippen LogP contribution in [-0.2, 0) is 4.79 Å². The van der Waals surface area contributed by atoms with Gasteiger partial charge in [0, 0.05) is 6.42 Å². The Morgan fingerprint density at radius 3 is 2.40 bits per heavy atom. The molecule has 3 heteroatoms. The van der Waals surface area contributed by atoms with Gasteiger partial charge in [0.05, 0.1) is 11.5 Å². The first-order chi connectivity index (χ1) is 4.54. The van der Waals surface area contributed by atoms with E-state index in [1.807, 2.05) is 6.92 Å². The van der Waals surface area contributed by atoms with Crippen LogP contribution in [0, 0.1) is 16.7 Å². The van der Waals surface area contributed by atoms with Gasteiger partial charge in [0.25, 0.3) is 0 Å². The number of nitrogens with zero attached hydrogens (tertiary/aromatic N) is 1. The maximum atomic E-state index is 10.4. The molecule has 0 aromatic carbocycles. The van der Waals surface area contributed by atoms with E-state index in [-0.39, 0.29) is 6.42 Å². The molecule has 1 unspecified atom stereocenters. The van der Waals surface area contributed by atoms with Gasteiger partial charge in [-0.15, -0.1) is 0 Å². The molecule has 0 rings (SSSR count). The zero-order valence-electron chi connectivity index (χ0n) is 6.15. The molecule has 1 atom stereocenters. The van der Waals surface area contributed by atoms with Gasteiger partial charge in [-0.3, -0.25) is 4.79 Å². The zero-order chi connectivity index (χ0) is 8.20. The molecule has 0 fully saturated rings. The van der Waals surface area contributed by atoms with E-state index in [0.29, 0.717) is 6.42 Å². The van der Waals surface area contributed by atoms with E-state index in [9.17, 15) is 4.79 Å². The summed E-state index contributed by atoms with van der Waals surface area (Å²) in [5.41, 5.74) is -0.571. The fourth-order valence-corrected chi connectivity index (χ4v) is 0.845. The highest BCUT2D eigenvalue weighted by molar-refractivity contribution is 6.63. The number of carbonyl (C=O) groups excluding carboxylic acids is 1. The van der Waals surface area contributed by atoms with Crippen LogP contribution >= 0.6 is 11.6 Å². The molecule has 0 radical (unpaired) electrons. The van der Waals surface area contributed by atoms with Crippen LogP contribution in [0.4, 0.5) is 0 Å². The molecule has 0 N–H and O–H groups in total. The standard InChI is InChI=1S/C7H10ClNO/c1-3-7(2,5-9)4-6(8)10/h3-4H2,1-2H3. The van der Waals surface area contributed by atoms with Gasteiger partial charge in [-0.2, -0.15) is 5.26 Å². The molecule has 2 nitrogen and oxygen atoms in total. The molecule has 0 aliphatic carbocycles. The Bertz CT molecular complexity index is 173. The van der Waals surface area contributed by atoms with E-state index in [1.54, 1.807) is 6.92 Å². The normalized spacial score (nSPS) is 15.4. The Balaban J connectivity index is 4.10. The molecule has 0 aliphatic heterocycles. The molecule has 0 bridgehead atoms. The quantitative estimate of drug-likeness (QED) is 0.592. The summed E-state index contributed by atoms with van der Waals surface area (Å²) in [6.45, 7) is 3.59. The fourth-order valence-electron chi connectivity index (χ4n) is 0.550. The largest absolute Gasteiger partial charge is 0.281 e. The third-order valence-corrected chi connectivity index (χ3v) is 1.71.